The topological polar surface area (TPSA) is 18.5 Å². The Morgan fingerprint density at radius 1 is 1.24 bits per heavy atom. The van der Waals surface area contributed by atoms with Crippen LogP contribution in [0.1, 0.15) is 46.5 Å². The maximum absolute atomic E-state index is 3.76. The molecule has 3 heteroatoms. The van der Waals surface area contributed by atoms with Gasteiger partial charge in [0.05, 0.1) is 0 Å². The molecule has 2 fully saturated rings. The van der Waals surface area contributed by atoms with E-state index in [1.54, 1.807) is 0 Å². The summed E-state index contributed by atoms with van der Waals surface area (Å²) in [5.74, 6) is 2.63. The molecule has 1 saturated carbocycles. The molecule has 0 aromatic rings. The lowest BCUT2D eigenvalue weighted by molar-refractivity contribution is 0.0920. The lowest BCUT2D eigenvalue weighted by Gasteiger charge is -2.43. The van der Waals surface area contributed by atoms with Crippen molar-refractivity contribution in [2.75, 3.05) is 40.3 Å². The van der Waals surface area contributed by atoms with Crippen LogP contribution in [0.3, 0.4) is 0 Å². The fourth-order valence-electron chi connectivity index (χ4n) is 4.49. The summed E-state index contributed by atoms with van der Waals surface area (Å²) >= 11 is 0. The highest BCUT2D eigenvalue weighted by atomic mass is 15.2. The van der Waals surface area contributed by atoms with Gasteiger partial charge < -0.3 is 15.1 Å². The Balaban J connectivity index is 1.93. The van der Waals surface area contributed by atoms with Crippen LogP contribution in [-0.2, 0) is 0 Å². The molecule has 4 atom stereocenters. The van der Waals surface area contributed by atoms with E-state index in [0.717, 1.165) is 30.3 Å². The van der Waals surface area contributed by atoms with Crippen molar-refractivity contribution in [2.45, 2.75) is 58.5 Å². The highest BCUT2D eigenvalue weighted by molar-refractivity contribution is 4.92. The molecule has 1 N–H and O–H groups in total. The zero-order valence-electron chi connectivity index (χ0n) is 14.9. The summed E-state index contributed by atoms with van der Waals surface area (Å²) in [6.45, 7) is 12.0. The fraction of sp³-hybridized carbons (Fsp3) is 1.00. The van der Waals surface area contributed by atoms with Crippen molar-refractivity contribution in [1.82, 2.24) is 15.1 Å². The zero-order chi connectivity index (χ0) is 15.4. The SMILES string of the molecule is CCNC1CCC(C(C)C)CC1N(C)CC1CCN(C)C1. The normalized spacial score (nSPS) is 35.0. The van der Waals surface area contributed by atoms with Crippen molar-refractivity contribution in [3.05, 3.63) is 0 Å². The van der Waals surface area contributed by atoms with Crippen molar-refractivity contribution in [3.63, 3.8) is 0 Å². The van der Waals surface area contributed by atoms with Gasteiger partial charge >= 0.3 is 0 Å². The first-order valence-electron chi connectivity index (χ1n) is 9.13. The van der Waals surface area contributed by atoms with Gasteiger partial charge in [-0.3, -0.25) is 0 Å². The molecule has 21 heavy (non-hydrogen) atoms. The van der Waals surface area contributed by atoms with Crippen LogP contribution in [0.25, 0.3) is 0 Å². The number of nitrogens with zero attached hydrogens (tertiary/aromatic N) is 2. The van der Waals surface area contributed by atoms with Crippen LogP contribution in [0.5, 0.6) is 0 Å². The first-order chi connectivity index (χ1) is 10.0. The van der Waals surface area contributed by atoms with Crippen molar-refractivity contribution >= 4 is 0 Å². The van der Waals surface area contributed by atoms with Gasteiger partial charge in [-0.25, -0.2) is 0 Å². The van der Waals surface area contributed by atoms with Crippen LogP contribution >= 0.6 is 0 Å². The second-order valence-electron chi connectivity index (χ2n) is 7.91. The second kappa shape index (κ2) is 7.94. The van der Waals surface area contributed by atoms with E-state index < -0.39 is 0 Å². The minimum Gasteiger partial charge on any atom is -0.313 e. The average molecular weight is 296 g/mol. The van der Waals surface area contributed by atoms with Crippen molar-refractivity contribution in [1.29, 1.82) is 0 Å². The summed E-state index contributed by atoms with van der Waals surface area (Å²) in [6.07, 6.45) is 5.53. The molecule has 1 heterocycles. The molecule has 0 radical (unpaired) electrons. The lowest BCUT2D eigenvalue weighted by atomic mass is 9.76. The molecule has 4 unspecified atom stereocenters. The number of hydrogen-bond donors (Lipinski definition) is 1. The van der Waals surface area contributed by atoms with Gasteiger partial charge in [0.25, 0.3) is 0 Å². The fourth-order valence-corrected chi connectivity index (χ4v) is 4.49. The Morgan fingerprint density at radius 2 is 2.00 bits per heavy atom. The van der Waals surface area contributed by atoms with Crippen LogP contribution in [0.15, 0.2) is 0 Å². The molecule has 2 aliphatic rings. The predicted molar refractivity (Wildman–Crippen MR) is 91.7 cm³/mol. The molecule has 1 aliphatic heterocycles. The molecule has 124 valence electrons. The van der Waals surface area contributed by atoms with E-state index in [2.05, 4.69) is 50.0 Å². The minimum absolute atomic E-state index is 0.703. The van der Waals surface area contributed by atoms with E-state index in [1.165, 1.54) is 45.3 Å². The van der Waals surface area contributed by atoms with Crippen molar-refractivity contribution < 1.29 is 0 Å². The number of hydrogen-bond acceptors (Lipinski definition) is 3. The third-order valence-corrected chi connectivity index (χ3v) is 5.87. The molecule has 0 aromatic heterocycles. The Morgan fingerprint density at radius 3 is 2.57 bits per heavy atom. The van der Waals surface area contributed by atoms with E-state index in [4.69, 9.17) is 0 Å². The summed E-state index contributed by atoms with van der Waals surface area (Å²) < 4.78 is 0. The number of rotatable bonds is 6. The Kier molecular flexibility index (Phi) is 6.51. The van der Waals surface area contributed by atoms with Gasteiger partial charge in [-0.1, -0.05) is 20.8 Å². The van der Waals surface area contributed by atoms with E-state index in [1.807, 2.05) is 0 Å². The quantitative estimate of drug-likeness (QED) is 0.813. The average Bonchev–Trinajstić information content (AvgIpc) is 2.84. The molecule has 1 saturated heterocycles. The first kappa shape index (κ1) is 17.2. The predicted octanol–water partition coefficient (Wildman–Crippen LogP) is 2.67. The molecule has 1 aliphatic carbocycles. The van der Waals surface area contributed by atoms with Crippen LogP contribution < -0.4 is 5.32 Å². The number of nitrogens with one attached hydrogen (secondary N) is 1. The van der Waals surface area contributed by atoms with Gasteiger partial charge in [0.15, 0.2) is 0 Å². The second-order valence-corrected chi connectivity index (χ2v) is 7.91. The lowest BCUT2D eigenvalue weighted by Crippen LogP contribution is -2.53. The maximum atomic E-state index is 3.76. The van der Waals surface area contributed by atoms with Crippen molar-refractivity contribution in [2.24, 2.45) is 17.8 Å². The molecule has 0 spiro atoms. The highest BCUT2D eigenvalue weighted by Crippen LogP contribution is 2.33. The van der Waals surface area contributed by atoms with Gasteiger partial charge in [0.2, 0.25) is 0 Å². The molecule has 0 amide bonds. The largest absolute Gasteiger partial charge is 0.313 e. The third kappa shape index (κ3) is 4.67. The number of likely N-dealkylation sites (N-methyl/N-ethyl adjacent to an activating group) is 2. The molecule has 2 rings (SSSR count). The Labute approximate surface area is 132 Å². The summed E-state index contributed by atoms with van der Waals surface area (Å²) in [7, 11) is 4.63. The van der Waals surface area contributed by atoms with Crippen molar-refractivity contribution in [3.8, 4) is 0 Å². The van der Waals surface area contributed by atoms with Gasteiger partial charge in [-0.2, -0.15) is 0 Å². The van der Waals surface area contributed by atoms with Gasteiger partial charge in [-0.15, -0.1) is 0 Å². The summed E-state index contributed by atoms with van der Waals surface area (Å²) in [4.78, 5) is 5.17. The van der Waals surface area contributed by atoms with E-state index in [9.17, 15) is 0 Å². The molecular formula is C18H37N3. The van der Waals surface area contributed by atoms with E-state index in [-0.39, 0.29) is 0 Å². The third-order valence-electron chi connectivity index (χ3n) is 5.87. The summed E-state index contributed by atoms with van der Waals surface area (Å²) in [5.41, 5.74) is 0. The smallest absolute Gasteiger partial charge is 0.0249 e. The van der Waals surface area contributed by atoms with E-state index >= 15 is 0 Å². The molecular weight excluding hydrogens is 258 g/mol. The van der Waals surface area contributed by atoms with Crippen LogP contribution in [-0.4, -0.2) is 62.2 Å². The monoisotopic (exact) mass is 295 g/mol. The van der Waals surface area contributed by atoms with E-state index in [0.29, 0.717) is 6.04 Å². The maximum Gasteiger partial charge on any atom is 0.0249 e. The van der Waals surface area contributed by atoms with Gasteiger partial charge in [0, 0.05) is 25.2 Å². The van der Waals surface area contributed by atoms with Crippen LogP contribution in [0.2, 0.25) is 0 Å². The van der Waals surface area contributed by atoms with Crippen LogP contribution in [0.4, 0.5) is 0 Å². The number of likely N-dealkylation sites (tertiary alicyclic amines) is 1. The van der Waals surface area contributed by atoms with Gasteiger partial charge in [0.1, 0.15) is 0 Å². The first-order valence-corrected chi connectivity index (χ1v) is 9.13. The minimum atomic E-state index is 0.703. The Bertz CT molecular complexity index is 305. The molecule has 0 aromatic carbocycles. The summed E-state index contributed by atoms with van der Waals surface area (Å²) in [6, 6.07) is 1.44. The molecule has 0 bridgehead atoms. The van der Waals surface area contributed by atoms with Crippen LogP contribution in [0, 0.1) is 17.8 Å². The Hall–Kier alpha value is -0.120. The standard InChI is InChI=1S/C18H37N3/c1-6-19-17-8-7-16(14(2)3)11-18(17)21(5)13-15-9-10-20(4)12-15/h14-19H,6-13H2,1-5H3. The summed E-state index contributed by atoms with van der Waals surface area (Å²) in [5, 5.41) is 3.76. The highest BCUT2D eigenvalue weighted by Gasteiger charge is 2.34. The molecule has 3 nitrogen and oxygen atoms in total. The van der Waals surface area contributed by atoms with Gasteiger partial charge in [-0.05, 0) is 70.6 Å². The zero-order valence-corrected chi connectivity index (χ0v) is 14.9.